The first kappa shape index (κ1) is 19.1. The monoisotopic (exact) mass is 372 g/mol. The lowest BCUT2D eigenvalue weighted by Crippen LogP contribution is -2.21. The van der Waals surface area contributed by atoms with Crippen molar-refractivity contribution in [2.45, 2.75) is 25.5 Å². The largest absolute Gasteiger partial charge is 0.417 e. The van der Waals surface area contributed by atoms with Crippen LogP contribution in [0, 0.1) is 6.92 Å². The fourth-order valence-electron chi connectivity index (χ4n) is 2.39. The molecule has 0 unspecified atom stereocenters. The summed E-state index contributed by atoms with van der Waals surface area (Å²) in [6, 6.07) is 4.12. The normalized spacial score (nSPS) is 13.2. The smallest absolute Gasteiger partial charge is 0.166 e. The van der Waals surface area contributed by atoms with Gasteiger partial charge in [-0.1, -0.05) is 29.8 Å². The third kappa shape index (κ3) is 3.91. The molecule has 25 heavy (non-hydrogen) atoms. The van der Waals surface area contributed by atoms with Crippen molar-refractivity contribution in [1.29, 1.82) is 0 Å². The molecule has 0 atom stereocenters. The predicted octanol–water partition coefficient (Wildman–Crippen LogP) is 6.72. The molecule has 0 N–H and O–H groups in total. The van der Waals surface area contributed by atoms with Crippen LogP contribution in [0.25, 0.3) is 11.1 Å². The molecule has 0 radical (unpaired) electrons. The summed E-state index contributed by atoms with van der Waals surface area (Å²) in [5.41, 5.74) is -7.90. The van der Waals surface area contributed by atoms with Gasteiger partial charge in [0, 0.05) is 5.56 Å². The van der Waals surface area contributed by atoms with Gasteiger partial charge in [-0.15, -0.1) is 0 Å². The van der Waals surface area contributed by atoms with Gasteiger partial charge in [0.1, 0.15) is 0 Å². The summed E-state index contributed by atoms with van der Waals surface area (Å²) in [7, 11) is 0. The van der Waals surface area contributed by atoms with Gasteiger partial charge in [0.2, 0.25) is 0 Å². The van der Waals surface area contributed by atoms with Gasteiger partial charge in [-0.3, -0.25) is 0 Å². The molecule has 0 nitrogen and oxygen atoms in total. The Kier molecular flexibility index (Phi) is 4.56. The van der Waals surface area contributed by atoms with E-state index in [9.17, 15) is 39.5 Å². The minimum Gasteiger partial charge on any atom is -0.166 e. The highest BCUT2D eigenvalue weighted by Gasteiger charge is 2.48. The lowest BCUT2D eigenvalue weighted by atomic mass is 9.89. The maximum atomic E-state index is 13.3. The molecule has 2 aromatic carbocycles. The second kappa shape index (κ2) is 5.96. The molecule has 0 saturated heterocycles. The number of alkyl halides is 9. The first-order valence-corrected chi connectivity index (χ1v) is 6.68. The summed E-state index contributed by atoms with van der Waals surface area (Å²) in [5.74, 6) is 0. The van der Waals surface area contributed by atoms with Crippen molar-refractivity contribution in [2.24, 2.45) is 0 Å². The summed E-state index contributed by atoms with van der Waals surface area (Å²) in [5, 5.41) is 0. The maximum Gasteiger partial charge on any atom is 0.417 e. The molecule has 0 aliphatic rings. The van der Waals surface area contributed by atoms with Crippen LogP contribution in [0.15, 0.2) is 36.4 Å². The summed E-state index contributed by atoms with van der Waals surface area (Å²) in [6.07, 6.45) is -16.4. The van der Waals surface area contributed by atoms with E-state index < -0.39 is 46.3 Å². The quantitative estimate of drug-likeness (QED) is 0.488. The van der Waals surface area contributed by atoms with Crippen LogP contribution in [0.1, 0.15) is 22.3 Å². The summed E-state index contributed by atoms with van der Waals surface area (Å²) < 4.78 is 118. The number of hydrogen-bond acceptors (Lipinski definition) is 0. The van der Waals surface area contributed by atoms with Crippen LogP contribution in [-0.4, -0.2) is 0 Å². The highest BCUT2D eigenvalue weighted by molar-refractivity contribution is 5.74. The van der Waals surface area contributed by atoms with Gasteiger partial charge < -0.3 is 0 Å². The molecule has 0 aliphatic carbocycles. The number of benzene rings is 2. The first-order valence-electron chi connectivity index (χ1n) is 6.68. The fraction of sp³-hybridized carbons (Fsp3) is 0.250. The zero-order valence-corrected chi connectivity index (χ0v) is 12.4. The van der Waals surface area contributed by atoms with E-state index in [1.807, 2.05) is 0 Å². The Hall–Kier alpha value is -2.19. The van der Waals surface area contributed by atoms with Gasteiger partial charge in [-0.05, 0) is 24.6 Å². The van der Waals surface area contributed by atoms with Crippen LogP contribution in [0.4, 0.5) is 39.5 Å². The second-order valence-corrected chi connectivity index (χ2v) is 5.27. The molecule has 0 heterocycles. The van der Waals surface area contributed by atoms with Crippen molar-refractivity contribution in [3.63, 3.8) is 0 Å². The fourth-order valence-corrected chi connectivity index (χ4v) is 2.39. The third-order valence-corrected chi connectivity index (χ3v) is 3.44. The summed E-state index contributed by atoms with van der Waals surface area (Å²) in [4.78, 5) is 0. The molecule has 2 rings (SSSR count). The molecule has 0 fully saturated rings. The van der Waals surface area contributed by atoms with E-state index in [-0.39, 0.29) is 12.1 Å². The van der Waals surface area contributed by atoms with Crippen molar-refractivity contribution in [2.75, 3.05) is 0 Å². The zero-order valence-electron chi connectivity index (χ0n) is 12.4. The summed E-state index contributed by atoms with van der Waals surface area (Å²) in [6.45, 7) is 1.53. The highest BCUT2D eigenvalue weighted by Crippen LogP contribution is 2.49. The molecule has 0 amide bonds. The molecular formula is C16H9F9. The Morgan fingerprint density at radius 2 is 1.00 bits per heavy atom. The van der Waals surface area contributed by atoms with E-state index in [1.54, 1.807) is 0 Å². The zero-order chi connectivity index (χ0) is 19.2. The van der Waals surface area contributed by atoms with E-state index in [0.29, 0.717) is 5.56 Å². The lowest BCUT2D eigenvalue weighted by Gasteiger charge is -2.23. The third-order valence-electron chi connectivity index (χ3n) is 3.44. The van der Waals surface area contributed by atoms with Gasteiger partial charge in [-0.25, -0.2) is 0 Å². The van der Waals surface area contributed by atoms with Crippen LogP contribution in [0.5, 0.6) is 0 Å². The van der Waals surface area contributed by atoms with Crippen LogP contribution in [-0.2, 0) is 18.5 Å². The van der Waals surface area contributed by atoms with Crippen LogP contribution in [0.3, 0.4) is 0 Å². The molecule has 0 aromatic heterocycles. The lowest BCUT2D eigenvalue weighted by molar-refractivity contribution is -0.163. The minimum atomic E-state index is -5.63. The number of halogens is 9. The molecule has 0 saturated carbocycles. The average Bonchev–Trinajstić information content (AvgIpc) is 2.43. The van der Waals surface area contributed by atoms with E-state index in [1.165, 1.54) is 19.1 Å². The van der Waals surface area contributed by atoms with Gasteiger partial charge in [-0.2, -0.15) is 39.5 Å². The maximum absolute atomic E-state index is 13.3. The van der Waals surface area contributed by atoms with Crippen LogP contribution in [0.2, 0.25) is 0 Å². The van der Waals surface area contributed by atoms with Crippen molar-refractivity contribution in [3.05, 3.63) is 58.7 Å². The van der Waals surface area contributed by atoms with Crippen LogP contribution < -0.4 is 0 Å². The Morgan fingerprint density at radius 1 is 0.560 bits per heavy atom. The van der Waals surface area contributed by atoms with Crippen molar-refractivity contribution in [3.8, 4) is 11.1 Å². The van der Waals surface area contributed by atoms with Gasteiger partial charge in [0.05, 0.1) is 16.7 Å². The highest BCUT2D eigenvalue weighted by atomic mass is 19.4. The van der Waals surface area contributed by atoms with Gasteiger partial charge >= 0.3 is 18.5 Å². The predicted molar refractivity (Wildman–Crippen MR) is 71.6 cm³/mol. The van der Waals surface area contributed by atoms with Crippen molar-refractivity contribution in [1.82, 2.24) is 0 Å². The Morgan fingerprint density at radius 3 is 1.40 bits per heavy atom. The molecular weight excluding hydrogens is 363 g/mol. The molecule has 136 valence electrons. The van der Waals surface area contributed by atoms with E-state index in [4.69, 9.17) is 0 Å². The Bertz CT molecular complexity index is 762. The Labute approximate surface area is 135 Å². The molecule has 9 heteroatoms. The topological polar surface area (TPSA) is 0 Å². The minimum absolute atomic E-state index is 0.0211. The van der Waals surface area contributed by atoms with Crippen molar-refractivity contribution < 1.29 is 39.5 Å². The van der Waals surface area contributed by atoms with Crippen molar-refractivity contribution >= 4 is 0 Å². The number of aryl methyl sites for hydroxylation is 1. The van der Waals surface area contributed by atoms with E-state index >= 15 is 0 Å². The number of rotatable bonds is 1. The standard InChI is InChI=1S/C16H9F9/c1-8-2-4-9(5-3-8)12-10(14(17,18)19)6-7-11(15(20,21)22)13(12)16(23,24)25/h2-7H,1H3. The SMILES string of the molecule is Cc1ccc(-c2c(C(F)(F)F)ccc(C(F)(F)F)c2C(F)(F)F)cc1. The van der Waals surface area contributed by atoms with Crippen LogP contribution >= 0.6 is 0 Å². The number of hydrogen-bond donors (Lipinski definition) is 0. The van der Waals surface area contributed by atoms with Gasteiger partial charge in [0.15, 0.2) is 0 Å². The van der Waals surface area contributed by atoms with Gasteiger partial charge in [0.25, 0.3) is 0 Å². The molecule has 0 spiro atoms. The van der Waals surface area contributed by atoms with E-state index in [2.05, 4.69) is 0 Å². The second-order valence-electron chi connectivity index (χ2n) is 5.27. The Balaban J connectivity index is 2.99. The van der Waals surface area contributed by atoms with E-state index in [0.717, 1.165) is 12.1 Å². The average molecular weight is 372 g/mol. The molecule has 0 bridgehead atoms. The first-order chi connectivity index (χ1) is 11.2. The summed E-state index contributed by atoms with van der Waals surface area (Å²) >= 11 is 0. The molecule has 2 aromatic rings. The molecule has 0 aliphatic heterocycles.